The van der Waals surface area contributed by atoms with E-state index in [1.54, 1.807) is 30.3 Å². The summed E-state index contributed by atoms with van der Waals surface area (Å²) in [7, 11) is 0. The van der Waals surface area contributed by atoms with Gasteiger partial charge in [0.15, 0.2) is 5.78 Å². The molecule has 4 rings (SSSR count). The van der Waals surface area contributed by atoms with Gasteiger partial charge in [-0.05, 0) is 85.4 Å². The van der Waals surface area contributed by atoms with Gasteiger partial charge in [-0.3, -0.25) is 9.59 Å². The molecule has 0 fully saturated rings. The van der Waals surface area contributed by atoms with Crippen molar-refractivity contribution < 1.29 is 19.8 Å². The highest BCUT2D eigenvalue weighted by atomic mass is 16.3. The van der Waals surface area contributed by atoms with E-state index in [0.29, 0.717) is 23.2 Å². The monoisotopic (exact) mass is 441 g/mol. The second-order valence-corrected chi connectivity index (χ2v) is 8.59. The summed E-state index contributed by atoms with van der Waals surface area (Å²) in [6.07, 6.45) is 2.66. The number of nitrogens with one attached hydrogen (secondary N) is 1. The lowest BCUT2D eigenvalue weighted by atomic mass is 9.83. The van der Waals surface area contributed by atoms with Gasteiger partial charge in [0.25, 0.3) is 5.91 Å². The Morgan fingerprint density at radius 1 is 0.970 bits per heavy atom. The quantitative estimate of drug-likeness (QED) is 0.390. The number of aliphatic hydroxyl groups excluding tert-OH is 1. The Balaban J connectivity index is 1.53. The predicted octanol–water partition coefficient (Wildman–Crippen LogP) is 4.85. The molecule has 3 aromatic rings. The number of aliphatic hydroxyl groups is 2. The lowest BCUT2D eigenvalue weighted by Gasteiger charge is -2.27. The normalized spacial score (nSPS) is 19.8. The van der Waals surface area contributed by atoms with Gasteiger partial charge >= 0.3 is 0 Å². The number of ketones is 1. The molecule has 0 saturated heterocycles. The van der Waals surface area contributed by atoms with E-state index in [9.17, 15) is 19.8 Å². The third kappa shape index (κ3) is 4.80. The molecule has 0 radical (unpaired) electrons. The van der Waals surface area contributed by atoms with Crippen molar-refractivity contribution in [2.75, 3.05) is 5.32 Å². The summed E-state index contributed by atoms with van der Waals surface area (Å²) in [6.45, 7) is 4.10. The van der Waals surface area contributed by atoms with E-state index in [-0.39, 0.29) is 12.3 Å². The molecule has 0 aliphatic heterocycles. The highest BCUT2D eigenvalue weighted by Gasteiger charge is 2.36. The molecule has 168 valence electrons. The molecule has 5 nitrogen and oxygen atoms in total. The maximum Gasteiger partial charge on any atom is 0.256 e. The predicted molar refractivity (Wildman–Crippen MR) is 129 cm³/mol. The van der Waals surface area contributed by atoms with Gasteiger partial charge in [-0.15, -0.1) is 0 Å². The van der Waals surface area contributed by atoms with Crippen LogP contribution in [0, 0.1) is 13.8 Å². The minimum Gasteiger partial charge on any atom is -0.389 e. The van der Waals surface area contributed by atoms with Crippen molar-refractivity contribution >= 4 is 17.4 Å². The van der Waals surface area contributed by atoms with Gasteiger partial charge in [0.1, 0.15) is 5.60 Å². The molecule has 1 aliphatic rings. The summed E-state index contributed by atoms with van der Waals surface area (Å²) in [4.78, 5) is 25.8. The Morgan fingerprint density at radius 3 is 2.36 bits per heavy atom. The largest absolute Gasteiger partial charge is 0.389 e. The number of aryl methyl sites for hydroxylation is 2. The minimum absolute atomic E-state index is 0.164. The van der Waals surface area contributed by atoms with Crippen LogP contribution in [0.15, 0.2) is 78.9 Å². The highest BCUT2D eigenvalue weighted by Crippen LogP contribution is 2.28. The second-order valence-electron chi connectivity index (χ2n) is 8.59. The van der Waals surface area contributed by atoms with Crippen LogP contribution in [-0.4, -0.2) is 33.6 Å². The number of anilines is 1. The summed E-state index contributed by atoms with van der Waals surface area (Å²) in [5.41, 5.74) is 4.00. The summed E-state index contributed by atoms with van der Waals surface area (Å²) in [5, 5.41) is 23.1. The zero-order valence-electron chi connectivity index (χ0n) is 18.7. The first-order chi connectivity index (χ1) is 15.8. The fourth-order valence-electron chi connectivity index (χ4n) is 4.00. The summed E-state index contributed by atoms with van der Waals surface area (Å²) in [5.74, 6) is -0.672. The van der Waals surface area contributed by atoms with Crippen LogP contribution in [0.4, 0.5) is 5.69 Å². The Morgan fingerprint density at radius 2 is 1.70 bits per heavy atom. The molecule has 1 amide bonds. The van der Waals surface area contributed by atoms with Gasteiger partial charge in [0.2, 0.25) is 0 Å². The number of amides is 1. The van der Waals surface area contributed by atoms with E-state index in [1.807, 2.05) is 37.3 Å². The van der Waals surface area contributed by atoms with E-state index in [0.717, 1.165) is 16.7 Å². The number of benzene rings is 3. The van der Waals surface area contributed by atoms with Gasteiger partial charge in [0.05, 0.1) is 6.10 Å². The Kier molecular flexibility index (Phi) is 6.27. The zero-order chi connectivity index (χ0) is 23.6. The van der Waals surface area contributed by atoms with Crippen LogP contribution in [-0.2, 0) is 0 Å². The van der Waals surface area contributed by atoms with Crippen LogP contribution in [0.2, 0.25) is 0 Å². The van der Waals surface area contributed by atoms with Crippen LogP contribution in [0.1, 0.15) is 44.7 Å². The van der Waals surface area contributed by atoms with Crippen LogP contribution in [0.5, 0.6) is 0 Å². The van der Waals surface area contributed by atoms with Crippen molar-refractivity contribution in [3.8, 4) is 11.1 Å². The molecule has 5 heteroatoms. The van der Waals surface area contributed by atoms with Gasteiger partial charge in [0, 0.05) is 16.8 Å². The first kappa shape index (κ1) is 22.6. The van der Waals surface area contributed by atoms with Crippen molar-refractivity contribution in [2.45, 2.75) is 38.4 Å². The maximum atomic E-state index is 13.1. The third-order valence-electron chi connectivity index (χ3n) is 6.20. The van der Waals surface area contributed by atoms with Gasteiger partial charge in [-0.2, -0.15) is 0 Å². The average Bonchev–Trinajstić information content (AvgIpc) is 2.83. The molecule has 3 aromatic carbocycles. The van der Waals surface area contributed by atoms with E-state index < -0.39 is 17.5 Å². The molecule has 0 spiro atoms. The molecule has 0 bridgehead atoms. The SMILES string of the molecule is Cc1ccc(-c2ccccc2C(=O)Nc2ccc(C(=O)C3(O)C=CC(O)CC3)cc2)cc1C. The second kappa shape index (κ2) is 9.14. The number of rotatable bonds is 5. The lowest BCUT2D eigenvalue weighted by molar-refractivity contribution is 0.0392. The molecule has 0 saturated carbocycles. The number of Topliss-reactive ketones (excluding diaryl/α,β-unsaturated/α-hetero) is 1. The van der Waals surface area contributed by atoms with E-state index in [2.05, 4.69) is 18.3 Å². The molecule has 0 aromatic heterocycles. The van der Waals surface area contributed by atoms with Crippen molar-refractivity contribution in [1.29, 1.82) is 0 Å². The van der Waals surface area contributed by atoms with E-state index in [1.165, 1.54) is 17.7 Å². The van der Waals surface area contributed by atoms with Crippen LogP contribution in [0.25, 0.3) is 11.1 Å². The summed E-state index contributed by atoms with van der Waals surface area (Å²) < 4.78 is 0. The minimum atomic E-state index is -1.62. The van der Waals surface area contributed by atoms with Crippen LogP contribution >= 0.6 is 0 Å². The fraction of sp³-hybridized carbons (Fsp3) is 0.214. The fourth-order valence-corrected chi connectivity index (χ4v) is 4.00. The summed E-state index contributed by atoms with van der Waals surface area (Å²) in [6, 6.07) is 20.1. The molecule has 0 heterocycles. The molecule has 2 unspecified atom stereocenters. The van der Waals surface area contributed by atoms with E-state index >= 15 is 0 Å². The van der Waals surface area contributed by atoms with Gasteiger partial charge in [-0.1, -0.05) is 42.5 Å². The van der Waals surface area contributed by atoms with Crippen molar-refractivity contribution in [3.63, 3.8) is 0 Å². The maximum absolute atomic E-state index is 13.1. The Labute approximate surface area is 193 Å². The zero-order valence-corrected chi connectivity index (χ0v) is 18.7. The molecule has 1 aliphatic carbocycles. The number of carbonyl (C=O) groups is 2. The van der Waals surface area contributed by atoms with Crippen molar-refractivity contribution in [3.05, 3.63) is 101 Å². The third-order valence-corrected chi connectivity index (χ3v) is 6.20. The lowest BCUT2D eigenvalue weighted by Crippen LogP contribution is -2.39. The number of hydrogen-bond donors (Lipinski definition) is 3. The average molecular weight is 442 g/mol. The molecular weight excluding hydrogens is 414 g/mol. The molecule has 33 heavy (non-hydrogen) atoms. The first-order valence-corrected chi connectivity index (χ1v) is 11.0. The topological polar surface area (TPSA) is 86.6 Å². The van der Waals surface area contributed by atoms with Crippen LogP contribution < -0.4 is 5.32 Å². The van der Waals surface area contributed by atoms with Crippen molar-refractivity contribution in [2.24, 2.45) is 0 Å². The number of hydrogen-bond acceptors (Lipinski definition) is 4. The van der Waals surface area contributed by atoms with Crippen molar-refractivity contribution in [1.82, 2.24) is 0 Å². The Bertz CT molecular complexity index is 1230. The number of carbonyl (C=O) groups excluding carboxylic acids is 2. The van der Waals surface area contributed by atoms with Gasteiger partial charge in [-0.25, -0.2) is 0 Å². The van der Waals surface area contributed by atoms with Crippen LogP contribution in [0.3, 0.4) is 0 Å². The summed E-state index contributed by atoms with van der Waals surface area (Å²) >= 11 is 0. The molecule has 3 N–H and O–H groups in total. The Hall–Kier alpha value is -3.54. The van der Waals surface area contributed by atoms with Gasteiger partial charge < -0.3 is 15.5 Å². The van der Waals surface area contributed by atoms with E-state index in [4.69, 9.17) is 0 Å². The highest BCUT2D eigenvalue weighted by molar-refractivity contribution is 6.09. The standard InChI is InChI=1S/C28H27NO4/c1-18-7-8-21(17-19(18)2)24-5-3-4-6-25(24)27(32)29-22-11-9-20(10-12-22)26(31)28(33)15-13-23(30)14-16-28/h3-13,15,17,23,30,33H,14,16H2,1-2H3,(H,29,32). The first-order valence-electron chi connectivity index (χ1n) is 11.0. The molecular formula is C28H27NO4. The molecule has 2 atom stereocenters. The smallest absolute Gasteiger partial charge is 0.256 e.